The van der Waals surface area contributed by atoms with Crippen LogP contribution in [0, 0.1) is 0 Å². The van der Waals surface area contributed by atoms with E-state index in [0.29, 0.717) is 6.04 Å². The van der Waals surface area contributed by atoms with Crippen LogP contribution in [-0.4, -0.2) is 16.1 Å². The lowest BCUT2D eigenvalue weighted by Crippen LogP contribution is -2.23. The molecule has 0 fully saturated rings. The van der Waals surface area contributed by atoms with Gasteiger partial charge in [0.2, 0.25) is 0 Å². The molecule has 0 aliphatic carbocycles. The van der Waals surface area contributed by atoms with E-state index in [9.17, 15) is 0 Å². The quantitative estimate of drug-likeness (QED) is 0.704. The highest BCUT2D eigenvalue weighted by Gasteiger charge is 2.17. The lowest BCUT2D eigenvalue weighted by atomic mass is 10.0. The average molecular weight is 421 g/mol. The molecule has 2 heterocycles. The molecule has 0 radical (unpaired) electrons. The Labute approximate surface area is 141 Å². The first-order valence-corrected chi connectivity index (χ1v) is 9.16. The largest absolute Gasteiger partial charge is 0.338 e. The first-order valence-electron chi connectivity index (χ1n) is 6.76. The summed E-state index contributed by atoms with van der Waals surface area (Å²) < 4.78 is 4.47. The number of imidazole rings is 1. The van der Waals surface area contributed by atoms with Gasteiger partial charge in [0.05, 0.1) is 7.57 Å². The van der Waals surface area contributed by atoms with Crippen molar-refractivity contribution < 1.29 is 0 Å². The van der Waals surface area contributed by atoms with Gasteiger partial charge in [-0.25, -0.2) is 4.98 Å². The molecular formula is C14H19Br2N3S. The summed E-state index contributed by atoms with van der Waals surface area (Å²) in [5.74, 6) is 1.14. The number of halogens is 2. The highest BCUT2D eigenvalue weighted by molar-refractivity contribution is 9.12. The molecule has 1 atom stereocenters. The van der Waals surface area contributed by atoms with Crippen LogP contribution in [0.15, 0.2) is 26.0 Å². The fourth-order valence-corrected chi connectivity index (χ4v) is 5.16. The molecule has 0 spiro atoms. The van der Waals surface area contributed by atoms with Gasteiger partial charge in [-0.2, -0.15) is 0 Å². The molecule has 1 unspecified atom stereocenters. The number of nitrogens with zero attached hydrogens (tertiary/aromatic N) is 2. The third-order valence-electron chi connectivity index (χ3n) is 3.28. The first-order chi connectivity index (χ1) is 9.61. The van der Waals surface area contributed by atoms with Gasteiger partial charge in [-0.05, 0) is 62.9 Å². The molecule has 0 bridgehead atoms. The summed E-state index contributed by atoms with van der Waals surface area (Å²) >= 11 is 8.97. The minimum atomic E-state index is 0.364. The van der Waals surface area contributed by atoms with Crippen LogP contribution in [0.25, 0.3) is 0 Å². The second-order valence-corrected chi connectivity index (χ2v) is 8.53. The van der Waals surface area contributed by atoms with E-state index in [1.165, 1.54) is 13.1 Å². The first kappa shape index (κ1) is 16.2. The molecule has 3 nitrogen and oxygen atoms in total. The summed E-state index contributed by atoms with van der Waals surface area (Å²) in [6.45, 7) is 3.23. The Bertz CT molecular complexity index is 550. The molecule has 2 aromatic heterocycles. The Balaban J connectivity index is 2.07. The second kappa shape index (κ2) is 7.73. The fourth-order valence-electron chi connectivity index (χ4n) is 2.19. The summed E-state index contributed by atoms with van der Waals surface area (Å²) in [7, 11) is 2.05. The Kier molecular flexibility index (Phi) is 6.26. The maximum Gasteiger partial charge on any atom is 0.108 e. The number of aromatic nitrogens is 2. The summed E-state index contributed by atoms with van der Waals surface area (Å²) in [6, 6.07) is 2.57. The number of rotatable bonds is 7. The minimum Gasteiger partial charge on any atom is -0.338 e. The molecule has 0 saturated carbocycles. The van der Waals surface area contributed by atoms with E-state index in [0.717, 1.165) is 31.6 Å². The van der Waals surface area contributed by atoms with E-state index in [1.54, 1.807) is 11.3 Å². The summed E-state index contributed by atoms with van der Waals surface area (Å²) in [5, 5.41) is 3.64. The van der Waals surface area contributed by atoms with Crippen LogP contribution in [-0.2, 0) is 13.5 Å². The minimum absolute atomic E-state index is 0.364. The van der Waals surface area contributed by atoms with E-state index in [4.69, 9.17) is 0 Å². The van der Waals surface area contributed by atoms with Gasteiger partial charge in [-0.1, -0.05) is 6.92 Å². The van der Waals surface area contributed by atoms with Gasteiger partial charge in [0.25, 0.3) is 0 Å². The van der Waals surface area contributed by atoms with Crippen LogP contribution in [0.2, 0.25) is 0 Å². The highest BCUT2D eigenvalue weighted by atomic mass is 79.9. The molecule has 0 aliphatic rings. The van der Waals surface area contributed by atoms with E-state index in [-0.39, 0.29) is 0 Å². The van der Waals surface area contributed by atoms with Crippen molar-refractivity contribution in [3.8, 4) is 0 Å². The van der Waals surface area contributed by atoms with Gasteiger partial charge < -0.3 is 9.88 Å². The van der Waals surface area contributed by atoms with Crippen molar-refractivity contribution >= 4 is 43.2 Å². The molecule has 2 rings (SSSR count). The van der Waals surface area contributed by atoms with Crippen LogP contribution in [0.1, 0.15) is 37.2 Å². The maximum atomic E-state index is 4.41. The number of aryl methyl sites for hydroxylation is 2. The van der Waals surface area contributed by atoms with E-state index < -0.39 is 0 Å². The van der Waals surface area contributed by atoms with Crippen LogP contribution < -0.4 is 5.32 Å². The summed E-state index contributed by atoms with van der Waals surface area (Å²) in [6.07, 6.45) is 7.03. The predicted molar refractivity (Wildman–Crippen MR) is 92.3 cm³/mol. The Hall–Kier alpha value is -0.170. The smallest absolute Gasteiger partial charge is 0.108 e. The van der Waals surface area contributed by atoms with Crippen molar-refractivity contribution in [1.29, 1.82) is 0 Å². The molecule has 0 amide bonds. The SMILES string of the molecule is CCCNC(CCc1nccn1C)c1cc(Br)sc1Br. The average Bonchev–Trinajstić information content (AvgIpc) is 2.96. The number of nitrogens with one attached hydrogen (secondary N) is 1. The molecule has 110 valence electrons. The van der Waals surface area contributed by atoms with Gasteiger partial charge in [-0.15, -0.1) is 11.3 Å². The second-order valence-electron chi connectivity index (χ2n) is 4.78. The molecule has 2 aromatic rings. The summed E-state index contributed by atoms with van der Waals surface area (Å²) in [4.78, 5) is 4.41. The Morgan fingerprint density at radius 2 is 2.25 bits per heavy atom. The van der Waals surface area contributed by atoms with Crippen LogP contribution in [0.4, 0.5) is 0 Å². The fraction of sp³-hybridized carbons (Fsp3) is 0.500. The van der Waals surface area contributed by atoms with Crippen LogP contribution in [0.5, 0.6) is 0 Å². The number of hydrogen-bond acceptors (Lipinski definition) is 3. The molecule has 0 saturated heterocycles. The zero-order valence-corrected chi connectivity index (χ0v) is 15.7. The van der Waals surface area contributed by atoms with Crippen molar-refractivity contribution in [2.75, 3.05) is 6.54 Å². The standard InChI is InChI=1S/C14H19Br2N3S/c1-3-6-17-11(10-9-12(15)20-14(10)16)4-5-13-18-7-8-19(13)2/h7-9,11,17H,3-6H2,1-2H3. The lowest BCUT2D eigenvalue weighted by Gasteiger charge is -2.18. The highest BCUT2D eigenvalue weighted by Crippen LogP contribution is 2.36. The summed E-state index contributed by atoms with van der Waals surface area (Å²) in [5.41, 5.74) is 1.34. The normalized spacial score (nSPS) is 12.8. The zero-order valence-electron chi connectivity index (χ0n) is 11.7. The topological polar surface area (TPSA) is 29.9 Å². The molecule has 20 heavy (non-hydrogen) atoms. The molecular weight excluding hydrogens is 402 g/mol. The van der Waals surface area contributed by atoms with E-state index >= 15 is 0 Å². The van der Waals surface area contributed by atoms with Gasteiger partial charge in [0, 0.05) is 31.9 Å². The van der Waals surface area contributed by atoms with Crippen LogP contribution in [0.3, 0.4) is 0 Å². The molecule has 0 aromatic carbocycles. The van der Waals surface area contributed by atoms with E-state index in [1.807, 2.05) is 19.4 Å². The van der Waals surface area contributed by atoms with Crippen molar-refractivity contribution in [2.24, 2.45) is 7.05 Å². The lowest BCUT2D eigenvalue weighted by molar-refractivity contribution is 0.491. The molecule has 6 heteroatoms. The van der Waals surface area contributed by atoms with Gasteiger partial charge >= 0.3 is 0 Å². The van der Waals surface area contributed by atoms with Crippen molar-refractivity contribution in [2.45, 2.75) is 32.2 Å². The number of thiophene rings is 1. The monoisotopic (exact) mass is 419 g/mol. The van der Waals surface area contributed by atoms with Gasteiger partial charge in [0.1, 0.15) is 5.82 Å². The van der Waals surface area contributed by atoms with Gasteiger partial charge in [-0.3, -0.25) is 0 Å². The van der Waals surface area contributed by atoms with E-state index in [2.05, 4.69) is 59.7 Å². The third kappa shape index (κ3) is 4.16. The number of hydrogen-bond donors (Lipinski definition) is 1. The Morgan fingerprint density at radius 1 is 1.45 bits per heavy atom. The van der Waals surface area contributed by atoms with Crippen molar-refractivity contribution in [3.05, 3.63) is 37.4 Å². The third-order valence-corrected chi connectivity index (χ3v) is 5.66. The van der Waals surface area contributed by atoms with Crippen molar-refractivity contribution in [1.82, 2.24) is 14.9 Å². The Morgan fingerprint density at radius 3 is 2.80 bits per heavy atom. The maximum absolute atomic E-state index is 4.41. The zero-order chi connectivity index (χ0) is 14.5. The van der Waals surface area contributed by atoms with Crippen molar-refractivity contribution in [3.63, 3.8) is 0 Å². The van der Waals surface area contributed by atoms with Crippen LogP contribution >= 0.6 is 43.2 Å². The molecule has 0 aliphatic heterocycles. The van der Waals surface area contributed by atoms with Gasteiger partial charge in [0.15, 0.2) is 0 Å². The molecule has 1 N–H and O–H groups in total. The predicted octanol–water partition coefficient (Wildman–Crippen LogP) is 4.68.